The number of rotatable bonds is 1. The zero-order valence-corrected chi connectivity index (χ0v) is 6.71. The fourth-order valence-electron chi connectivity index (χ4n) is 1.82. The van der Waals surface area contributed by atoms with Crippen molar-refractivity contribution in [3.63, 3.8) is 0 Å². The summed E-state index contributed by atoms with van der Waals surface area (Å²) in [6.07, 6.45) is 3.06. The molecule has 12 heavy (non-hydrogen) atoms. The Bertz CT molecular complexity index is 329. The van der Waals surface area contributed by atoms with Gasteiger partial charge in [-0.1, -0.05) is 12.1 Å². The predicted octanol–water partition coefficient (Wildman–Crippen LogP) is 1.87. The van der Waals surface area contributed by atoms with Crippen LogP contribution in [0.2, 0.25) is 0 Å². The number of aryl methyl sites for hydroxylation is 1. The van der Waals surface area contributed by atoms with Crippen LogP contribution in [-0.4, -0.2) is 11.1 Å². The van der Waals surface area contributed by atoms with E-state index >= 15 is 0 Å². The summed E-state index contributed by atoms with van der Waals surface area (Å²) in [7, 11) is 0. The second kappa shape index (κ2) is 2.63. The Morgan fingerprint density at radius 1 is 1.33 bits per heavy atom. The van der Waals surface area contributed by atoms with Crippen molar-refractivity contribution in [1.29, 1.82) is 0 Å². The number of carboxylic acid groups (broad SMARTS) is 1. The van der Waals surface area contributed by atoms with Gasteiger partial charge in [-0.25, -0.2) is 4.79 Å². The third-order valence-corrected chi connectivity index (χ3v) is 2.38. The highest BCUT2D eigenvalue weighted by atomic mass is 16.4. The lowest BCUT2D eigenvalue weighted by Gasteiger charge is -2.02. The van der Waals surface area contributed by atoms with Gasteiger partial charge in [0.25, 0.3) is 0 Å². The van der Waals surface area contributed by atoms with E-state index in [1.807, 2.05) is 12.1 Å². The van der Waals surface area contributed by atoms with E-state index in [-0.39, 0.29) is 0 Å². The van der Waals surface area contributed by atoms with Crippen LogP contribution in [0.4, 0.5) is 0 Å². The Labute approximate surface area is 70.8 Å². The Morgan fingerprint density at radius 2 is 2.17 bits per heavy atom. The molecule has 0 heterocycles. The predicted molar refractivity (Wildman–Crippen MR) is 45.4 cm³/mol. The molecule has 0 saturated heterocycles. The molecule has 0 unspecified atom stereocenters. The second-order valence-electron chi connectivity index (χ2n) is 3.10. The molecule has 0 bridgehead atoms. The van der Waals surface area contributed by atoms with Crippen LogP contribution in [0, 0.1) is 0 Å². The highest BCUT2D eigenvalue weighted by Crippen LogP contribution is 2.24. The molecule has 1 N–H and O–H groups in total. The molecule has 0 radical (unpaired) electrons. The molecule has 0 saturated carbocycles. The molecule has 1 aromatic rings. The summed E-state index contributed by atoms with van der Waals surface area (Å²) < 4.78 is 0. The molecule has 2 nitrogen and oxygen atoms in total. The van der Waals surface area contributed by atoms with Gasteiger partial charge in [0.05, 0.1) is 5.56 Å². The molecule has 2 heteroatoms. The summed E-state index contributed by atoms with van der Waals surface area (Å²) in [5.74, 6) is -0.797. The van der Waals surface area contributed by atoms with Crippen molar-refractivity contribution in [2.24, 2.45) is 0 Å². The van der Waals surface area contributed by atoms with E-state index < -0.39 is 5.97 Å². The van der Waals surface area contributed by atoms with Crippen LogP contribution < -0.4 is 0 Å². The second-order valence-corrected chi connectivity index (χ2v) is 3.10. The van der Waals surface area contributed by atoms with Gasteiger partial charge in [-0.3, -0.25) is 0 Å². The van der Waals surface area contributed by atoms with Crippen LogP contribution in [0.5, 0.6) is 0 Å². The number of carboxylic acids is 1. The Morgan fingerprint density at radius 3 is 2.92 bits per heavy atom. The smallest absolute Gasteiger partial charge is 0.335 e. The first-order chi connectivity index (χ1) is 5.79. The van der Waals surface area contributed by atoms with E-state index in [9.17, 15) is 4.79 Å². The van der Waals surface area contributed by atoms with E-state index in [1.165, 1.54) is 5.56 Å². The maximum Gasteiger partial charge on any atom is 0.335 e. The summed E-state index contributed by atoms with van der Waals surface area (Å²) in [5, 5.41) is 8.85. The fraction of sp³-hybridized carbons (Fsp3) is 0.300. The molecule has 1 aliphatic carbocycles. The minimum Gasteiger partial charge on any atom is -0.478 e. The van der Waals surface area contributed by atoms with Crippen molar-refractivity contribution in [3.05, 3.63) is 34.9 Å². The highest BCUT2D eigenvalue weighted by molar-refractivity contribution is 5.90. The summed E-state index contributed by atoms with van der Waals surface area (Å²) in [6.45, 7) is 0. The molecule has 0 amide bonds. The molecular formula is C10H10O2. The molecule has 0 spiro atoms. The molecule has 0 fully saturated rings. The monoisotopic (exact) mass is 162 g/mol. The lowest BCUT2D eigenvalue weighted by atomic mass is 10.0. The average molecular weight is 162 g/mol. The summed E-state index contributed by atoms with van der Waals surface area (Å²) in [6, 6.07) is 5.54. The first-order valence-corrected chi connectivity index (χ1v) is 4.13. The molecule has 62 valence electrons. The third-order valence-electron chi connectivity index (χ3n) is 2.38. The number of aromatic carboxylic acids is 1. The molecule has 0 aromatic heterocycles. The standard InChI is InChI=1S/C10H10O2/c11-10(12)9-6-2-4-7-3-1-5-8(7)9/h2,4,6H,1,3,5H2,(H,11,12). The van der Waals surface area contributed by atoms with Crippen LogP contribution in [0.25, 0.3) is 0 Å². The van der Waals surface area contributed by atoms with Crippen molar-refractivity contribution < 1.29 is 9.90 Å². The lowest BCUT2D eigenvalue weighted by molar-refractivity contribution is 0.0696. The van der Waals surface area contributed by atoms with Gasteiger partial charge in [0.2, 0.25) is 0 Å². The third kappa shape index (κ3) is 0.998. The van der Waals surface area contributed by atoms with Crippen molar-refractivity contribution in [2.75, 3.05) is 0 Å². The number of benzene rings is 1. The normalized spacial score (nSPS) is 14.3. The molecule has 0 atom stereocenters. The molecular weight excluding hydrogens is 152 g/mol. The van der Waals surface area contributed by atoms with Gasteiger partial charge in [0, 0.05) is 0 Å². The van der Waals surface area contributed by atoms with Gasteiger partial charge in [-0.15, -0.1) is 0 Å². The first kappa shape index (κ1) is 7.35. The molecule has 0 aliphatic heterocycles. The van der Waals surface area contributed by atoms with Gasteiger partial charge < -0.3 is 5.11 Å². The molecule has 1 aromatic carbocycles. The van der Waals surface area contributed by atoms with Crippen molar-refractivity contribution in [1.82, 2.24) is 0 Å². The van der Waals surface area contributed by atoms with Crippen LogP contribution in [0.3, 0.4) is 0 Å². The minimum atomic E-state index is -0.797. The number of hydrogen-bond donors (Lipinski definition) is 1. The lowest BCUT2D eigenvalue weighted by Crippen LogP contribution is -2.01. The van der Waals surface area contributed by atoms with Crippen molar-refractivity contribution in [2.45, 2.75) is 19.3 Å². The minimum absolute atomic E-state index is 0.491. The Kier molecular flexibility index (Phi) is 1.61. The largest absolute Gasteiger partial charge is 0.478 e. The van der Waals surface area contributed by atoms with Gasteiger partial charge in [-0.05, 0) is 36.5 Å². The van der Waals surface area contributed by atoms with Crippen LogP contribution in [0.1, 0.15) is 27.9 Å². The summed E-state index contributed by atoms with van der Waals surface area (Å²) in [4.78, 5) is 10.8. The van der Waals surface area contributed by atoms with Crippen LogP contribution in [-0.2, 0) is 12.8 Å². The van der Waals surface area contributed by atoms with E-state index in [4.69, 9.17) is 5.11 Å². The SMILES string of the molecule is O=C(O)c1cccc2c1CCC2. The maximum atomic E-state index is 10.8. The first-order valence-electron chi connectivity index (χ1n) is 4.13. The number of fused-ring (bicyclic) bond motifs is 1. The molecule has 1 aliphatic rings. The van der Waals surface area contributed by atoms with Crippen LogP contribution >= 0.6 is 0 Å². The average Bonchev–Trinajstić information content (AvgIpc) is 2.49. The summed E-state index contributed by atoms with van der Waals surface area (Å²) in [5.41, 5.74) is 2.75. The summed E-state index contributed by atoms with van der Waals surface area (Å²) >= 11 is 0. The van der Waals surface area contributed by atoms with Gasteiger partial charge in [-0.2, -0.15) is 0 Å². The van der Waals surface area contributed by atoms with E-state index in [0.29, 0.717) is 5.56 Å². The van der Waals surface area contributed by atoms with E-state index in [1.54, 1.807) is 6.07 Å². The van der Waals surface area contributed by atoms with Crippen LogP contribution in [0.15, 0.2) is 18.2 Å². The zero-order chi connectivity index (χ0) is 8.55. The number of carbonyl (C=O) groups is 1. The molecule has 2 rings (SSSR count). The number of hydrogen-bond acceptors (Lipinski definition) is 1. The fourth-order valence-corrected chi connectivity index (χ4v) is 1.82. The Balaban J connectivity index is 2.56. The van der Waals surface area contributed by atoms with Gasteiger partial charge >= 0.3 is 5.97 Å². The van der Waals surface area contributed by atoms with E-state index in [2.05, 4.69) is 0 Å². The topological polar surface area (TPSA) is 37.3 Å². The quantitative estimate of drug-likeness (QED) is 0.684. The van der Waals surface area contributed by atoms with E-state index in [0.717, 1.165) is 24.8 Å². The maximum absolute atomic E-state index is 10.8. The van der Waals surface area contributed by atoms with Crippen molar-refractivity contribution >= 4 is 5.97 Å². The zero-order valence-electron chi connectivity index (χ0n) is 6.71. The van der Waals surface area contributed by atoms with Crippen molar-refractivity contribution in [3.8, 4) is 0 Å². The Hall–Kier alpha value is -1.31. The van der Waals surface area contributed by atoms with Gasteiger partial charge in [0.15, 0.2) is 0 Å². The van der Waals surface area contributed by atoms with Gasteiger partial charge in [0.1, 0.15) is 0 Å². The highest BCUT2D eigenvalue weighted by Gasteiger charge is 2.17.